The Bertz CT molecular complexity index is 883. The van der Waals surface area contributed by atoms with Crippen molar-refractivity contribution in [2.45, 2.75) is 38.7 Å². The maximum absolute atomic E-state index is 13.0. The maximum atomic E-state index is 13.0. The molecule has 1 atom stereocenters. The molecule has 144 valence electrons. The van der Waals surface area contributed by atoms with Gasteiger partial charge >= 0.3 is 5.97 Å². The van der Waals surface area contributed by atoms with E-state index in [1.165, 1.54) is 11.3 Å². The first-order valence-corrected chi connectivity index (χ1v) is 10.5. The Morgan fingerprint density at radius 2 is 1.64 bits per heavy atom. The first-order valence-electron chi connectivity index (χ1n) is 9.59. The van der Waals surface area contributed by atoms with Crippen LogP contribution in [0.25, 0.3) is 11.1 Å². The molecular weight excluding hydrogens is 368 g/mol. The average Bonchev–Trinajstić information content (AvgIpc) is 3.24. The zero-order valence-electron chi connectivity index (χ0n) is 16.0. The van der Waals surface area contributed by atoms with E-state index in [0.29, 0.717) is 12.0 Å². The van der Waals surface area contributed by atoms with Gasteiger partial charge in [0.15, 0.2) is 6.10 Å². The van der Waals surface area contributed by atoms with E-state index in [9.17, 15) is 9.59 Å². The van der Waals surface area contributed by atoms with Crippen molar-refractivity contribution in [3.8, 4) is 11.1 Å². The van der Waals surface area contributed by atoms with E-state index in [2.05, 4.69) is 6.92 Å². The third kappa shape index (κ3) is 5.40. The molecule has 0 spiro atoms. The van der Waals surface area contributed by atoms with Gasteiger partial charge in [-0.25, -0.2) is 0 Å². The lowest BCUT2D eigenvalue weighted by Crippen LogP contribution is -2.28. The van der Waals surface area contributed by atoms with Crippen molar-refractivity contribution in [2.75, 3.05) is 0 Å². The number of benzene rings is 2. The van der Waals surface area contributed by atoms with Crippen LogP contribution in [0.1, 0.15) is 41.4 Å². The zero-order valence-corrected chi connectivity index (χ0v) is 16.8. The lowest BCUT2D eigenvalue weighted by atomic mass is 9.98. The molecule has 0 bridgehead atoms. The first-order chi connectivity index (χ1) is 13.7. The fraction of sp³-hybridized carbons (Fsp3) is 0.250. The third-order valence-electron chi connectivity index (χ3n) is 4.56. The normalized spacial score (nSPS) is 11.8. The van der Waals surface area contributed by atoms with E-state index in [1.807, 2.05) is 72.1 Å². The van der Waals surface area contributed by atoms with Gasteiger partial charge in [0.25, 0.3) is 0 Å². The molecule has 1 aromatic heterocycles. The number of esters is 1. The highest BCUT2D eigenvalue weighted by Gasteiger charge is 2.24. The van der Waals surface area contributed by atoms with Crippen molar-refractivity contribution >= 4 is 23.1 Å². The van der Waals surface area contributed by atoms with Gasteiger partial charge < -0.3 is 4.74 Å². The van der Waals surface area contributed by atoms with Crippen LogP contribution in [0, 0.1) is 0 Å². The summed E-state index contributed by atoms with van der Waals surface area (Å²) in [7, 11) is 0. The van der Waals surface area contributed by atoms with Crippen LogP contribution >= 0.6 is 11.3 Å². The Morgan fingerprint density at radius 1 is 0.929 bits per heavy atom. The molecule has 0 amide bonds. The van der Waals surface area contributed by atoms with Crippen LogP contribution in [0.2, 0.25) is 0 Å². The minimum absolute atomic E-state index is 0.132. The second kappa shape index (κ2) is 10.00. The lowest BCUT2D eigenvalue weighted by molar-refractivity contribution is -0.146. The predicted octanol–water partition coefficient (Wildman–Crippen LogP) is 5.94. The van der Waals surface area contributed by atoms with E-state index >= 15 is 0 Å². The van der Waals surface area contributed by atoms with Gasteiger partial charge in [-0.1, -0.05) is 74.0 Å². The fourth-order valence-electron chi connectivity index (χ4n) is 3.03. The Morgan fingerprint density at radius 3 is 2.29 bits per heavy atom. The molecule has 0 aliphatic heterocycles. The van der Waals surface area contributed by atoms with Crippen molar-refractivity contribution in [1.29, 1.82) is 0 Å². The van der Waals surface area contributed by atoms with E-state index in [-0.39, 0.29) is 18.2 Å². The minimum Gasteiger partial charge on any atom is -0.454 e. The smallest absolute Gasteiger partial charge is 0.311 e. The molecule has 0 unspecified atom stereocenters. The number of rotatable bonds is 9. The van der Waals surface area contributed by atoms with Crippen LogP contribution in [-0.4, -0.2) is 17.9 Å². The molecule has 3 rings (SSSR count). The quantitative estimate of drug-likeness (QED) is 0.334. The van der Waals surface area contributed by atoms with Gasteiger partial charge in [0.2, 0.25) is 5.78 Å². The Hall–Kier alpha value is -2.72. The Balaban J connectivity index is 1.70. The molecule has 0 saturated heterocycles. The first kappa shape index (κ1) is 20.0. The van der Waals surface area contributed by atoms with Crippen LogP contribution < -0.4 is 0 Å². The molecule has 0 aliphatic rings. The summed E-state index contributed by atoms with van der Waals surface area (Å²) in [4.78, 5) is 26.2. The Labute approximate surface area is 170 Å². The van der Waals surface area contributed by atoms with Crippen LogP contribution in [0.3, 0.4) is 0 Å². The van der Waals surface area contributed by atoms with Crippen molar-refractivity contribution in [1.82, 2.24) is 0 Å². The zero-order chi connectivity index (χ0) is 19.8. The summed E-state index contributed by atoms with van der Waals surface area (Å²) in [5.41, 5.74) is 2.73. The van der Waals surface area contributed by atoms with E-state index in [4.69, 9.17) is 4.74 Å². The number of Topliss-reactive ketones (excluding diaryl/α,β-unsaturated/α-hetero) is 1. The van der Waals surface area contributed by atoms with Gasteiger partial charge in [-0.3, -0.25) is 9.59 Å². The number of unbranched alkanes of at least 4 members (excludes halogenated alkanes) is 1. The number of ether oxygens (including phenoxy) is 1. The monoisotopic (exact) mass is 392 g/mol. The van der Waals surface area contributed by atoms with Crippen molar-refractivity contribution in [3.05, 3.63) is 82.6 Å². The number of carbonyl (C=O) groups is 2. The van der Waals surface area contributed by atoms with Gasteiger partial charge in [-0.15, -0.1) is 11.3 Å². The molecule has 0 N–H and O–H groups in total. The summed E-state index contributed by atoms with van der Waals surface area (Å²) in [6, 6.07) is 21.3. The predicted molar refractivity (Wildman–Crippen MR) is 114 cm³/mol. The van der Waals surface area contributed by atoms with Gasteiger partial charge in [-0.2, -0.15) is 0 Å². The number of thiophene rings is 1. The van der Waals surface area contributed by atoms with Crippen molar-refractivity contribution in [2.24, 2.45) is 0 Å². The average molecular weight is 393 g/mol. The standard InChI is InChI=1S/C24H24O3S/c1-2-3-11-22(27-23(25)17-21-10-7-16-28-21)24(26)20-14-12-19(13-15-20)18-8-5-4-6-9-18/h4-10,12-16,22H,2-3,11,17H2,1H3/t22-/m0/s1. The molecule has 4 heteroatoms. The third-order valence-corrected chi connectivity index (χ3v) is 5.44. The number of hydrogen-bond acceptors (Lipinski definition) is 4. The van der Waals surface area contributed by atoms with E-state index in [0.717, 1.165) is 28.8 Å². The highest BCUT2D eigenvalue weighted by atomic mass is 32.1. The molecule has 3 nitrogen and oxygen atoms in total. The molecular formula is C24H24O3S. The van der Waals surface area contributed by atoms with E-state index in [1.54, 1.807) is 0 Å². The second-order valence-electron chi connectivity index (χ2n) is 6.68. The summed E-state index contributed by atoms with van der Waals surface area (Å²) in [6.45, 7) is 2.06. The van der Waals surface area contributed by atoms with Crippen LogP contribution in [0.15, 0.2) is 72.1 Å². The van der Waals surface area contributed by atoms with Crippen LogP contribution in [0.4, 0.5) is 0 Å². The molecule has 1 heterocycles. The van der Waals surface area contributed by atoms with Crippen molar-refractivity contribution in [3.63, 3.8) is 0 Å². The second-order valence-corrected chi connectivity index (χ2v) is 7.72. The molecule has 28 heavy (non-hydrogen) atoms. The molecule has 2 aromatic carbocycles. The summed E-state index contributed by atoms with van der Waals surface area (Å²) >= 11 is 1.51. The van der Waals surface area contributed by atoms with Gasteiger partial charge in [0.1, 0.15) is 0 Å². The molecule has 0 radical (unpaired) electrons. The Kier molecular flexibility index (Phi) is 7.15. The fourth-order valence-corrected chi connectivity index (χ4v) is 3.72. The minimum atomic E-state index is -0.727. The van der Waals surface area contributed by atoms with Crippen LogP contribution in [-0.2, 0) is 16.0 Å². The lowest BCUT2D eigenvalue weighted by Gasteiger charge is -2.17. The highest BCUT2D eigenvalue weighted by molar-refractivity contribution is 7.10. The van der Waals surface area contributed by atoms with Gasteiger partial charge in [-0.05, 0) is 35.4 Å². The van der Waals surface area contributed by atoms with Gasteiger partial charge in [0, 0.05) is 10.4 Å². The number of carbonyl (C=O) groups excluding carboxylic acids is 2. The summed E-state index contributed by atoms with van der Waals surface area (Å²) < 4.78 is 5.58. The highest BCUT2D eigenvalue weighted by Crippen LogP contribution is 2.21. The summed E-state index contributed by atoms with van der Waals surface area (Å²) in [5, 5.41) is 1.93. The summed E-state index contributed by atoms with van der Waals surface area (Å²) in [6.07, 6.45) is 1.81. The van der Waals surface area contributed by atoms with Gasteiger partial charge in [0.05, 0.1) is 6.42 Å². The molecule has 0 saturated carbocycles. The van der Waals surface area contributed by atoms with Crippen molar-refractivity contribution < 1.29 is 14.3 Å². The molecule has 0 aliphatic carbocycles. The molecule has 0 fully saturated rings. The topological polar surface area (TPSA) is 43.4 Å². The number of ketones is 1. The van der Waals surface area contributed by atoms with Crippen LogP contribution in [0.5, 0.6) is 0 Å². The largest absolute Gasteiger partial charge is 0.454 e. The number of hydrogen-bond donors (Lipinski definition) is 0. The summed E-state index contributed by atoms with van der Waals surface area (Å²) in [5.74, 6) is -0.481. The molecule has 3 aromatic rings. The SMILES string of the molecule is CCCC[C@H](OC(=O)Cc1cccs1)C(=O)c1ccc(-c2ccccc2)cc1. The maximum Gasteiger partial charge on any atom is 0.311 e. The van der Waals surface area contributed by atoms with E-state index < -0.39 is 6.10 Å².